The Hall–Kier alpha value is -2.35. The van der Waals surface area contributed by atoms with Gasteiger partial charge in [-0.3, -0.25) is 9.69 Å². The van der Waals surface area contributed by atoms with Gasteiger partial charge in [-0.15, -0.1) is 0 Å². The maximum atomic E-state index is 12.3. The van der Waals surface area contributed by atoms with Gasteiger partial charge in [-0.05, 0) is 61.9 Å². The summed E-state index contributed by atoms with van der Waals surface area (Å²) in [5.41, 5.74) is 2.10. The number of aromatic nitrogens is 1. The molecule has 0 unspecified atom stereocenters. The van der Waals surface area contributed by atoms with Gasteiger partial charge in [0.15, 0.2) is 5.13 Å². The lowest BCUT2D eigenvalue weighted by Gasteiger charge is -2.36. The molecule has 1 amide bonds. The second kappa shape index (κ2) is 10.3. The number of methoxy groups -OCH3 is 1. The number of carbonyl (C=O) groups is 1. The number of rotatable bonds is 8. The van der Waals surface area contributed by atoms with E-state index >= 15 is 0 Å². The van der Waals surface area contributed by atoms with Crippen LogP contribution in [0, 0.1) is 0 Å². The van der Waals surface area contributed by atoms with Crippen molar-refractivity contribution in [1.82, 2.24) is 9.88 Å². The lowest BCUT2D eigenvalue weighted by Crippen LogP contribution is -2.46. The Kier molecular flexibility index (Phi) is 7.27. The second-order valence-corrected chi connectivity index (χ2v) is 9.13. The quantitative estimate of drug-likeness (QED) is 0.487. The zero-order valence-electron chi connectivity index (χ0n) is 17.6. The Morgan fingerprint density at radius 2 is 1.90 bits per heavy atom. The number of amides is 1. The van der Waals surface area contributed by atoms with E-state index in [0.717, 1.165) is 66.6 Å². The molecule has 1 saturated heterocycles. The van der Waals surface area contributed by atoms with E-state index in [9.17, 15) is 4.79 Å². The van der Waals surface area contributed by atoms with Gasteiger partial charge in [0.1, 0.15) is 5.75 Å². The number of ether oxygens (including phenoxy) is 1. The number of anilines is 2. The Morgan fingerprint density at radius 3 is 2.65 bits per heavy atom. The van der Waals surface area contributed by atoms with Gasteiger partial charge in [-0.1, -0.05) is 22.9 Å². The van der Waals surface area contributed by atoms with Gasteiger partial charge in [-0.2, -0.15) is 0 Å². The molecule has 0 saturated carbocycles. The molecular formula is C23H27ClN4O2S. The lowest BCUT2D eigenvalue weighted by atomic mass is 10.2. The molecule has 2 aromatic carbocycles. The fourth-order valence-corrected chi connectivity index (χ4v) is 4.81. The van der Waals surface area contributed by atoms with Crippen molar-refractivity contribution in [3.63, 3.8) is 0 Å². The molecule has 8 heteroatoms. The topological polar surface area (TPSA) is 57.7 Å². The number of carbonyl (C=O) groups excluding carboxylic acids is 1. The van der Waals surface area contributed by atoms with Crippen LogP contribution >= 0.6 is 22.9 Å². The van der Waals surface area contributed by atoms with E-state index in [4.69, 9.17) is 16.3 Å². The molecule has 1 aliphatic rings. The van der Waals surface area contributed by atoms with E-state index in [0.29, 0.717) is 11.6 Å². The summed E-state index contributed by atoms with van der Waals surface area (Å²) in [5, 5.41) is 4.35. The van der Waals surface area contributed by atoms with Crippen LogP contribution in [0.1, 0.15) is 19.3 Å². The predicted molar refractivity (Wildman–Crippen MR) is 129 cm³/mol. The summed E-state index contributed by atoms with van der Waals surface area (Å²) in [7, 11) is 1.64. The van der Waals surface area contributed by atoms with E-state index < -0.39 is 0 Å². The fraction of sp³-hybridized carbons (Fsp3) is 0.391. The van der Waals surface area contributed by atoms with Gasteiger partial charge in [0.25, 0.3) is 0 Å². The van der Waals surface area contributed by atoms with Crippen LogP contribution in [0.4, 0.5) is 10.8 Å². The molecule has 0 atom stereocenters. The van der Waals surface area contributed by atoms with E-state index in [1.54, 1.807) is 7.11 Å². The summed E-state index contributed by atoms with van der Waals surface area (Å²) in [6, 6.07) is 13.8. The van der Waals surface area contributed by atoms with Gasteiger partial charge in [0, 0.05) is 43.3 Å². The first-order valence-electron chi connectivity index (χ1n) is 10.6. The number of hydrogen-bond acceptors (Lipinski definition) is 6. The largest absolute Gasteiger partial charge is 0.497 e. The zero-order valence-corrected chi connectivity index (χ0v) is 19.2. The van der Waals surface area contributed by atoms with Crippen molar-refractivity contribution in [2.75, 3.05) is 50.1 Å². The minimum Gasteiger partial charge on any atom is -0.497 e. The minimum atomic E-state index is 0.0265. The van der Waals surface area contributed by atoms with Crippen LogP contribution in [0.15, 0.2) is 42.5 Å². The van der Waals surface area contributed by atoms with E-state index in [-0.39, 0.29) is 5.91 Å². The summed E-state index contributed by atoms with van der Waals surface area (Å²) in [4.78, 5) is 21.6. The van der Waals surface area contributed by atoms with Crippen LogP contribution in [-0.2, 0) is 4.79 Å². The van der Waals surface area contributed by atoms with Crippen LogP contribution < -0.4 is 15.0 Å². The summed E-state index contributed by atoms with van der Waals surface area (Å²) < 4.78 is 6.25. The lowest BCUT2D eigenvalue weighted by molar-refractivity contribution is -0.116. The Morgan fingerprint density at radius 1 is 1.13 bits per heavy atom. The summed E-state index contributed by atoms with van der Waals surface area (Å²) in [6.07, 6.45) is 2.41. The van der Waals surface area contributed by atoms with Crippen molar-refractivity contribution >= 4 is 49.9 Å². The van der Waals surface area contributed by atoms with Crippen molar-refractivity contribution in [1.29, 1.82) is 0 Å². The monoisotopic (exact) mass is 458 g/mol. The minimum absolute atomic E-state index is 0.0265. The molecule has 6 nitrogen and oxygen atoms in total. The Bertz CT molecular complexity index is 1020. The van der Waals surface area contributed by atoms with Crippen LogP contribution in [0.3, 0.4) is 0 Å². The van der Waals surface area contributed by atoms with Gasteiger partial charge < -0.3 is 15.0 Å². The summed E-state index contributed by atoms with van der Waals surface area (Å²) in [6.45, 7) is 5.16. The van der Waals surface area contributed by atoms with E-state index in [1.807, 2.05) is 30.3 Å². The van der Waals surface area contributed by atoms with Crippen LogP contribution in [-0.4, -0.2) is 55.6 Å². The number of nitrogens with one attached hydrogen (secondary N) is 1. The molecule has 1 N–H and O–H groups in total. The number of thiazole rings is 1. The number of nitrogens with zero attached hydrogens (tertiary/aromatic N) is 3. The van der Waals surface area contributed by atoms with Gasteiger partial charge in [0.05, 0.1) is 17.3 Å². The maximum absolute atomic E-state index is 12.3. The van der Waals surface area contributed by atoms with Crippen molar-refractivity contribution in [2.45, 2.75) is 19.3 Å². The number of unbranched alkanes of at least 4 members (excludes halogenated alkanes) is 1. The third-order valence-electron chi connectivity index (χ3n) is 5.53. The first-order valence-corrected chi connectivity index (χ1v) is 11.8. The predicted octanol–water partition coefficient (Wildman–Crippen LogP) is 4.89. The van der Waals surface area contributed by atoms with Crippen LogP contribution in [0.5, 0.6) is 5.75 Å². The number of fused-ring (bicyclic) bond motifs is 1. The highest BCUT2D eigenvalue weighted by molar-refractivity contribution is 7.22. The van der Waals surface area contributed by atoms with Crippen LogP contribution in [0.2, 0.25) is 5.02 Å². The average Bonchev–Trinajstić information content (AvgIpc) is 3.19. The molecule has 4 rings (SSSR count). The van der Waals surface area contributed by atoms with Crippen molar-refractivity contribution in [3.05, 3.63) is 47.5 Å². The summed E-state index contributed by atoms with van der Waals surface area (Å²) in [5.74, 6) is 0.821. The molecule has 0 spiro atoms. The number of hydrogen-bond donors (Lipinski definition) is 1. The van der Waals surface area contributed by atoms with E-state index in [1.165, 1.54) is 17.0 Å². The summed E-state index contributed by atoms with van der Waals surface area (Å²) >= 11 is 7.45. The third kappa shape index (κ3) is 5.87. The molecule has 0 radical (unpaired) electrons. The molecule has 3 aromatic rings. The van der Waals surface area contributed by atoms with Gasteiger partial charge >= 0.3 is 0 Å². The molecule has 0 aliphatic carbocycles. The molecule has 1 aliphatic heterocycles. The number of benzene rings is 2. The van der Waals surface area contributed by atoms with E-state index in [2.05, 4.69) is 32.2 Å². The standard InChI is InChI=1S/C23H27ClN4O2S/c1-30-19-9-10-20-21(16-19)31-23(25-20)26-22(29)4-2-3-11-27-12-14-28(15-13-27)18-7-5-17(24)6-8-18/h5-10,16H,2-4,11-15H2,1H3,(H,25,26,29). The molecule has 2 heterocycles. The number of piperazine rings is 1. The molecule has 31 heavy (non-hydrogen) atoms. The normalized spacial score (nSPS) is 14.7. The molecule has 1 aromatic heterocycles. The first-order chi connectivity index (χ1) is 15.1. The highest BCUT2D eigenvalue weighted by Gasteiger charge is 2.17. The molecular weight excluding hydrogens is 432 g/mol. The first kappa shape index (κ1) is 21.9. The average molecular weight is 459 g/mol. The van der Waals surface area contributed by atoms with Crippen molar-refractivity contribution in [2.24, 2.45) is 0 Å². The Balaban J connectivity index is 1.15. The van der Waals surface area contributed by atoms with Crippen LogP contribution in [0.25, 0.3) is 10.2 Å². The smallest absolute Gasteiger partial charge is 0.226 e. The third-order valence-corrected chi connectivity index (χ3v) is 6.72. The van der Waals surface area contributed by atoms with Crippen molar-refractivity contribution in [3.8, 4) is 5.75 Å². The highest BCUT2D eigenvalue weighted by Crippen LogP contribution is 2.29. The van der Waals surface area contributed by atoms with Gasteiger partial charge in [-0.25, -0.2) is 4.98 Å². The molecule has 164 valence electrons. The SMILES string of the molecule is COc1ccc2nc(NC(=O)CCCCN3CCN(c4ccc(Cl)cc4)CC3)sc2c1. The molecule has 0 bridgehead atoms. The fourth-order valence-electron chi connectivity index (χ4n) is 3.77. The second-order valence-electron chi connectivity index (χ2n) is 7.66. The maximum Gasteiger partial charge on any atom is 0.226 e. The highest BCUT2D eigenvalue weighted by atomic mass is 35.5. The van der Waals surface area contributed by atoms with Gasteiger partial charge in [0.2, 0.25) is 5.91 Å². The zero-order chi connectivity index (χ0) is 21.6. The number of halogens is 1. The van der Waals surface area contributed by atoms with Crippen molar-refractivity contribution < 1.29 is 9.53 Å². The Labute approximate surface area is 191 Å². The molecule has 1 fully saturated rings.